The molecule has 0 spiro atoms. The van der Waals surface area contributed by atoms with Gasteiger partial charge in [0.25, 0.3) is 0 Å². The number of allylic oxidation sites excluding steroid dienone is 3. The number of ketones is 1. The van der Waals surface area contributed by atoms with Crippen LogP contribution in [-0.2, 0) is 14.3 Å². The number of carbonyl (C=O) groups excluding carboxylic acids is 1. The lowest BCUT2D eigenvalue weighted by Gasteiger charge is -2.57. The lowest BCUT2D eigenvalue weighted by molar-refractivity contribution is -0.149. The summed E-state index contributed by atoms with van der Waals surface area (Å²) >= 11 is 0. The SMILES string of the molecule is COC1=CC(=O)C=C2CC[C@@H]3[C@H](CC[C@]4(C)[C@@H](C(=O)O)CC[C@@H]34)[C@]21C. The largest absolute Gasteiger partial charge is 0.500 e. The number of rotatable bonds is 2. The Morgan fingerprint density at radius 3 is 2.60 bits per heavy atom. The highest BCUT2D eigenvalue weighted by Crippen LogP contribution is 2.67. The average molecular weight is 344 g/mol. The maximum absolute atomic E-state index is 12.0. The van der Waals surface area contributed by atoms with Gasteiger partial charge in [0.15, 0.2) is 5.78 Å². The van der Waals surface area contributed by atoms with Gasteiger partial charge in [-0.1, -0.05) is 12.5 Å². The van der Waals surface area contributed by atoms with Crippen molar-refractivity contribution in [3.05, 3.63) is 23.5 Å². The van der Waals surface area contributed by atoms with Crippen LogP contribution in [0.15, 0.2) is 23.5 Å². The Bertz CT molecular complexity index is 672. The van der Waals surface area contributed by atoms with E-state index in [1.807, 2.05) is 6.08 Å². The van der Waals surface area contributed by atoms with Crippen molar-refractivity contribution >= 4 is 11.8 Å². The first-order chi connectivity index (χ1) is 11.8. The normalized spacial score (nSPS) is 45.6. The van der Waals surface area contributed by atoms with Gasteiger partial charge in [0.05, 0.1) is 13.0 Å². The lowest BCUT2D eigenvalue weighted by Crippen LogP contribution is -2.51. The summed E-state index contributed by atoms with van der Waals surface area (Å²) in [5, 5.41) is 9.69. The molecule has 0 radical (unpaired) electrons. The minimum absolute atomic E-state index is 0.0373. The molecule has 0 saturated heterocycles. The summed E-state index contributed by atoms with van der Waals surface area (Å²) in [6, 6.07) is 0. The number of fused-ring (bicyclic) bond motifs is 5. The highest BCUT2D eigenvalue weighted by atomic mass is 16.5. The summed E-state index contributed by atoms with van der Waals surface area (Å²) in [7, 11) is 1.67. The lowest BCUT2D eigenvalue weighted by atomic mass is 9.47. The van der Waals surface area contributed by atoms with Crippen LogP contribution in [-0.4, -0.2) is 24.0 Å². The van der Waals surface area contributed by atoms with E-state index in [0.717, 1.165) is 44.3 Å². The molecule has 4 heteroatoms. The Morgan fingerprint density at radius 1 is 1.16 bits per heavy atom. The molecule has 4 nitrogen and oxygen atoms in total. The minimum atomic E-state index is -0.619. The second kappa shape index (κ2) is 5.46. The number of carbonyl (C=O) groups is 2. The van der Waals surface area contributed by atoms with E-state index in [9.17, 15) is 14.7 Å². The van der Waals surface area contributed by atoms with E-state index < -0.39 is 5.97 Å². The standard InChI is InChI=1S/C21H28O4/c1-20-9-8-16-14(15(20)6-7-17(20)19(23)24)5-4-12-10-13(22)11-18(25-3)21(12,16)2/h10-11,14-17H,4-9H2,1-3H3,(H,23,24)/t14-,15-,16-,17+,20-,21-/m0/s1. The molecular weight excluding hydrogens is 316 g/mol. The van der Waals surface area contributed by atoms with Crippen LogP contribution in [0.1, 0.15) is 52.4 Å². The molecule has 0 heterocycles. The van der Waals surface area contributed by atoms with Crippen LogP contribution in [0.5, 0.6) is 0 Å². The molecule has 25 heavy (non-hydrogen) atoms. The summed E-state index contributed by atoms with van der Waals surface area (Å²) in [5.74, 6) is 1.47. The van der Waals surface area contributed by atoms with Gasteiger partial charge in [-0.15, -0.1) is 0 Å². The molecule has 3 fully saturated rings. The zero-order valence-electron chi connectivity index (χ0n) is 15.4. The first-order valence-corrected chi connectivity index (χ1v) is 9.56. The fourth-order valence-electron chi connectivity index (χ4n) is 6.96. The summed E-state index contributed by atoms with van der Waals surface area (Å²) in [5.41, 5.74) is 0.940. The molecule has 0 aromatic heterocycles. The molecule has 4 aliphatic carbocycles. The van der Waals surface area contributed by atoms with Crippen LogP contribution in [0.4, 0.5) is 0 Å². The predicted octanol–water partition coefficient (Wildman–Crippen LogP) is 3.97. The number of carboxylic acids is 1. The van der Waals surface area contributed by atoms with E-state index in [4.69, 9.17) is 4.74 Å². The number of ether oxygens (including phenoxy) is 1. The van der Waals surface area contributed by atoms with E-state index >= 15 is 0 Å². The summed E-state index contributed by atoms with van der Waals surface area (Å²) in [4.78, 5) is 23.8. The van der Waals surface area contributed by atoms with Gasteiger partial charge >= 0.3 is 5.97 Å². The topological polar surface area (TPSA) is 63.6 Å². The summed E-state index contributed by atoms with van der Waals surface area (Å²) < 4.78 is 5.68. The van der Waals surface area contributed by atoms with Gasteiger partial charge in [-0.3, -0.25) is 9.59 Å². The first-order valence-electron chi connectivity index (χ1n) is 9.56. The molecule has 4 aliphatic rings. The Morgan fingerprint density at radius 2 is 1.92 bits per heavy atom. The van der Waals surface area contributed by atoms with Gasteiger partial charge in [-0.25, -0.2) is 0 Å². The summed E-state index contributed by atoms with van der Waals surface area (Å²) in [6.45, 7) is 4.45. The highest BCUT2D eigenvalue weighted by Gasteiger charge is 2.61. The monoisotopic (exact) mass is 344 g/mol. The van der Waals surface area contributed by atoms with Gasteiger partial charge < -0.3 is 9.84 Å². The summed E-state index contributed by atoms with van der Waals surface area (Å²) in [6.07, 6.45) is 9.29. The van der Waals surface area contributed by atoms with Crippen LogP contribution < -0.4 is 0 Å². The molecule has 0 bridgehead atoms. The third kappa shape index (κ3) is 2.12. The van der Waals surface area contributed by atoms with Gasteiger partial charge in [-0.05, 0) is 74.7 Å². The molecule has 0 aromatic carbocycles. The second-order valence-electron chi connectivity index (χ2n) is 8.92. The third-order valence-corrected chi connectivity index (χ3v) is 8.21. The molecule has 1 N–H and O–H groups in total. The Hall–Kier alpha value is -1.58. The van der Waals surface area contributed by atoms with E-state index in [2.05, 4.69) is 13.8 Å². The number of methoxy groups -OCH3 is 1. The Balaban J connectivity index is 1.72. The van der Waals surface area contributed by atoms with E-state index in [0.29, 0.717) is 17.8 Å². The molecule has 6 atom stereocenters. The molecule has 136 valence electrons. The molecule has 0 unspecified atom stereocenters. The van der Waals surface area contributed by atoms with Crippen molar-refractivity contribution in [3.63, 3.8) is 0 Å². The number of carboxylic acid groups (broad SMARTS) is 1. The van der Waals surface area contributed by atoms with Crippen molar-refractivity contribution < 1.29 is 19.4 Å². The zero-order chi connectivity index (χ0) is 18.0. The van der Waals surface area contributed by atoms with Crippen LogP contribution in [0.3, 0.4) is 0 Å². The second-order valence-corrected chi connectivity index (χ2v) is 8.92. The van der Waals surface area contributed by atoms with Crippen LogP contribution >= 0.6 is 0 Å². The number of hydrogen-bond donors (Lipinski definition) is 1. The predicted molar refractivity (Wildman–Crippen MR) is 93.7 cm³/mol. The van der Waals surface area contributed by atoms with Gasteiger partial charge in [0.1, 0.15) is 5.76 Å². The zero-order valence-corrected chi connectivity index (χ0v) is 15.4. The smallest absolute Gasteiger partial charge is 0.307 e. The minimum Gasteiger partial charge on any atom is -0.500 e. The quantitative estimate of drug-likeness (QED) is 0.823. The molecule has 0 aromatic rings. The number of hydrogen-bond acceptors (Lipinski definition) is 3. The van der Waals surface area contributed by atoms with Crippen molar-refractivity contribution in [1.29, 1.82) is 0 Å². The third-order valence-electron chi connectivity index (χ3n) is 8.21. The number of aliphatic carboxylic acids is 1. The average Bonchev–Trinajstić information content (AvgIpc) is 2.92. The Labute approximate surface area is 149 Å². The van der Waals surface area contributed by atoms with Crippen molar-refractivity contribution in [2.45, 2.75) is 52.4 Å². The molecule has 3 saturated carbocycles. The van der Waals surface area contributed by atoms with Gasteiger partial charge in [0.2, 0.25) is 0 Å². The molecule has 4 rings (SSSR count). The van der Waals surface area contributed by atoms with Gasteiger partial charge in [0, 0.05) is 11.5 Å². The van der Waals surface area contributed by atoms with Crippen molar-refractivity contribution in [2.24, 2.45) is 34.5 Å². The van der Waals surface area contributed by atoms with Crippen molar-refractivity contribution in [2.75, 3.05) is 7.11 Å². The van der Waals surface area contributed by atoms with E-state index in [1.165, 1.54) is 5.57 Å². The molecular formula is C21H28O4. The van der Waals surface area contributed by atoms with Crippen molar-refractivity contribution in [1.82, 2.24) is 0 Å². The first kappa shape index (κ1) is 16.9. The highest BCUT2D eigenvalue weighted by molar-refractivity contribution is 6.01. The molecule has 0 aliphatic heterocycles. The maximum atomic E-state index is 12.0. The van der Waals surface area contributed by atoms with Crippen LogP contribution in [0.2, 0.25) is 0 Å². The van der Waals surface area contributed by atoms with Crippen molar-refractivity contribution in [3.8, 4) is 0 Å². The van der Waals surface area contributed by atoms with Gasteiger partial charge in [-0.2, -0.15) is 0 Å². The van der Waals surface area contributed by atoms with Crippen LogP contribution in [0, 0.1) is 34.5 Å². The fraction of sp³-hybridized carbons (Fsp3) is 0.714. The van der Waals surface area contributed by atoms with Crippen LogP contribution in [0.25, 0.3) is 0 Å². The maximum Gasteiger partial charge on any atom is 0.307 e. The van der Waals surface area contributed by atoms with E-state index in [-0.39, 0.29) is 22.5 Å². The molecule has 0 amide bonds. The Kier molecular flexibility index (Phi) is 3.68. The fourth-order valence-corrected chi connectivity index (χ4v) is 6.96. The van der Waals surface area contributed by atoms with E-state index in [1.54, 1.807) is 13.2 Å².